The molecule has 2 heterocycles. The average molecular weight is 399 g/mol. The number of amides is 2. The number of para-hydroxylation sites is 1. The van der Waals surface area contributed by atoms with Crippen LogP contribution in [0.3, 0.4) is 0 Å². The number of thiophene rings is 1. The molecule has 2 aromatic rings. The SMILES string of the molecule is Cc1ccsc1/C=C/C(=O)N1CC[NH+](CC(=O)Nc2c(C)cccc2C)CC1. The zero-order valence-electron chi connectivity index (χ0n) is 16.7. The van der Waals surface area contributed by atoms with Crippen molar-refractivity contribution in [3.8, 4) is 0 Å². The number of hydrogen-bond donors (Lipinski definition) is 2. The number of piperazine rings is 1. The van der Waals surface area contributed by atoms with Crippen LogP contribution in [-0.4, -0.2) is 49.4 Å². The van der Waals surface area contributed by atoms with Crippen LogP contribution in [0.1, 0.15) is 21.6 Å². The lowest BCUT2D eigenvalue weighted by molar-refractivity contribution is -0.895. The number of hydrogen-bond acceptors (Lipinski definition) is 3. The van der Waals surface area contributed by atoms with Crippen molar-refractivity contribution in [1.82, 2.24) is 4.90 Å². The van der Waals surface area contributed by atoms with Crippen molar-refractivity contribution in [1.29, 1.82) is 0 Å². The fraction of sp³-hybridized carbons (Fsp3) is 0.364. The van der Waals surface area contributed by atoms with E-state index in [1.807, 2.05) is 55.3 Å². The first-order chi connectivity index (χ1) is 13.4. The Morgan fingerprint density at radius 1 is 1.11 bits per heavy atom. The molecule has 2 N–H and O–H groups in total. The van der Waals surface area contributed by atoms with Crippen LogP contribution in [0.25, 0.3) is 6.08 Å². The van der Waals surface area contributed by atoms with Crippen LogP contribution in [-0.2, 0) is 9.59 Å². The van der Waals surface area contributed by atoms with Crippen molar-refractivity contribution in [2.45, 2.75) is 20.8 Å². The van der Waals surface area contributed by atoms with Gasteiger partial charge in [-0.3, -0.25) is 9.59 Å². The normalized spacial score (nSPS) is 15.2. The van der Waals surface area contributed by atoms with Crippen molar-refractivity contribution in [2.24, 2.45) is 0 Å². The monoisotopic (exact) mass is 398 g/mol. The average Bonchev–Trinajstić information content (AvgIpc) is 3.08. The van der Waals surface area contributed by atoms with Crippen LogP contribution in [0.4, 0.5) is 5.69 Å². The highest BCUT2D eigenvalue weighted by Crippen LogP contribution is 2.19. The van der Waals surface area contributed by atoms with Gasteiger partial charge >= 0.3 is 0 Å². The topological polar surface area (TPSA) is 53.9 Å². The van der Waals surface area contributed by atoms with Crippen LogP contribution in [0.2, 0.25) is 0 Å². The molecule has 3 rings (SSSR count). The third-order valence-electron chi connectivity index (χ3n) is 5.22. The molecule has 1 aliphatic heterocycles. The summed E-state index contributed by atoms with van der Waals surface area (Å²) in [6.45, 7) is 9.43. The molecule has 28 heavy (non-hydrogen) atoms. The van der Waals surface area contributed by atoms with Gasteiger partial charge in [-0.05, 0) is 55.0 Å². The Bertz CT molecular complexity index is 859. The number of benzene rings is 1. The van der Waals surface area contributed by atoms with Gasteiger partial charge in [0.25, 0.3) is 5.91 Å². The molecule has 0 spiro atoms. The van der Waals surface area contributed by atoms with Gasteiger partial charge in [-0.15, -0.1) is 11.3 Å². The molecule has 148 valence electrons. The number of nitrogens with one attached hydrogen (secondary N) is 2. The third-order valence-corrected chi connectivity index (χ3v) is 6.20. The second-order valence-electron chi connectivity index (χ2n) is 7.37. The van der Waals surface area contributed by atoms with E-state index in [0.29, 0.717) is 19.6 Å². The Kier molecular flexibility index (Phi) is 6.65. The summed E-state index contributed by atoms with van der Waals surface area (Å²) in [5, 5.41) is 5.08. The molecule has 6 heteroatoms. The Balaban J connectivity index is 1.47. The smallest absolute Gasteiger partial charge is 0.279 e. The summed E-state index contributed by atoms with van der Waals surface area (Å²) in [5.41, 5.74) is 4.26. The summed E-state index contributed by atoms with van der Waals surface area (Å²) in [6, 6.07) is 8.06. The number of quaternary nitrogens is 1. The highest BCUT2D eigenvalue weighted by atomic mass is 32.1. The van der Waals surface area contributed by atoms with Gasteiger partial charge in [0.1, 0.15) is 0 Å². The molecule has 1 saturated heterocycles. The molecule has 0 bridgehead atoms. The van der Waals surface area contributed by atoms with Crippen LogP contribution < -0.4 is 10.2 Å². The van der Waals surface area contributed by atoms with Crippen LogP contribution in [0.5, 0.6) is 0 Å². The Morgan fingerprint density at radius 3 is 2.39 bits per heavy atom. The summed E-state index contributed by atoms with van der Waals surface area (Å²) < 4.78 is 0. The first-order valence-corrected chi connectivity index (χ1v) is 10.5. The molecular weight excluding hydrogens is 370 g/mol. The number of carbonyl (C=O) groups excluding carboxylic acids is 2. The van der Waals surface area contributed by atoms with E-state index in [1.54, 1.807) is 17.4 Å². The number of rotatable bonds is 5. The highest BCUT2D eigenvalue weighted by Gasteiger charge is 2.24. The minimum atomic E-state index is 0.0280. The van der Waals surface area contributed by atoms with Gasteiger partial charge in [0.15, 0.2) is 6.54 Å². The lowest BCUT2D eigenvalue weighted by Gasteiger charge is -2.31. The third kappa shape index (κ3) is 5.09. The molecule has 5 nitrogen and oxygen atoms in total. The molecule has 0 atom stereocenters. The molecule has 1 aromatic carbocycles. The van der Waals surface area contributed by atoms with Crippen molar-refractivity contribution < 1.29 is 14.5 Å². The minimum absolute atomic E-state index is 0.0280. The number of aryl methyl sites for hydroxylation is 3. The largest absolute Gasteiger partial charge is 0.328 e. The van der Waals surface area contributed by atoms with Gasteiger partial charge in [-0.1, -0.05) is 18.2 Å². The van der Waals surface area contributed by atoms with Crippen molar-refractivity contribution in [3.63, 3.8) is 0 Å². The van der Waals surface area contributed by atoms with Gasteiger partial charge in [0.2, 0.25) is 5.91 Å². The number of nitrogens with zero attached hydrogens (tertiary/aromatic N) is 1. The fourth-order valence-electron chi connectivity index (χ4n) is 3.45. The standard InChI is InChI=1S/C22H27N3O2S/c1-16-9-14-28-19(16)7-8-21(27)25-12-10-24(11-13-25)15-20(26)23-22-17(2)5-4-6-18(22)3/h4-9,14H,10-13,15H2,1-3H3,(H,23,26)/p+1/b8-7+. The zero-order valence-corrected chi connectivity index (χ0v) is 17.6. The Hall–Kier alpha value is -2.44. The van der Waals surface area contributed by atoms with Gasteiger partial charge < -0.3 is 15.1 Å². The van der Waals surface area contributed by atoms with E-state index in [4.69, 9.17) is 0 Å². The maximum atomic E-state index is 12.4. The van der Waals surface area contributed by atoms with Crippen molar-refractivity contribution in [3.05, 3.63) is 57.3 Å². The maximum Gasteiger partial charge on any atom is 0.279 e. The van der Waals surface area contributed by atoms with Crippen molar-refractivity contribution in [2.75, 3.05) is 38.0 Å². The van der Waals surface area contributed by atoms with E-state index in [-0.39, 0.29) is 11.8 Å². The Morgan fingerprint density at radius 2 is 1.79 bits per heavy atom. The second-order valence-corrected chi connectivity index (χ2v) is 8.32. The van der Waals surface area contributed by atoms with E-state index in [1.165, 1.54) is 10.5 Å². The molecule has 0 aliphatic carbocycles. The van der Waals surface area contributed by atoms with Crippen LogP contribution in [0, 0.1) is 20.8 Å². The van der Waals surface area contributed by atoms with Gasteiger partial charge in [0, 0.05) is 16.6 Å². The first kappa shape index (κ1) is 20.3. The maximum absolute atomic E-state index is 12.4. The van der Waals surface area contributed by atoms with E-state index in [0.717, 1.165) is 34.8 Å². The quantitative estimate of drug-likeness (QED) is 0.758. The summed E-state index contributed by atoms with van der Waals surface area (Å²) in [6.07, 6.45) is 3.57. The molecule has 0 radical (unpaired) electrons. The number of anilines is 1. The zero-order chi connectivity index (χ0) is 20.1. The second kappa shape index (κ2) is 9.17. The van der Waals surface area contributed by atoms with E-state index in [2.05, 4.69) is 11.4 Å². The molecular formula is C22H28N3O2S+. The van der Waals surface area contributed by atoms with E-state index >= 15 is 0 Å². The van der Waals surface area contributed by atoms with Crippen LogP contribution in [0.15, 0.2) is 35.7 Å². The fourth-order valence-corrected chi connectivity index (χ4v) is 4.27. The molecule has 1 fully saturated rings. The van der Waals surface area contributed by atoms with E-state index < -0.39 is 0 Å². The minimum Gasteiger partial charge on any atom is -0.328 e. The van der Waals surface area contributed by atoms with E-state index in [9.17, 15) is 9.59 Å². The van der Waals surface area contributed by atoms with Gasteiger partial charge in [-0.25, -0.2) is 0 Å². The van der Waals surface area contributed by atoms with Crippen molar-refractivity contribution >= 4 is 34.9 Å². The summed E-state index contributed by atoms with van der Waals surface area (Å²) >= 11 is 1.64. The summed E-state index contributed by atoms with van der Waals surface area (Å²) in [5.74, 6) is 0.0760. The molecule has 0 saturated carbocycles. The van der Waals surface area contributed by atoms with Gasteiger partial charge in [0.05, 0.1) is 26.2 Å². The predicted octanol–water partition coefficient (Wildman–Crippen LogP) is 2.05. The summed E-state index contributed by atoms with van der Waals surface area (Å²) in [7, 11) is 0. The molecule has 1 aromatic heterocycles. The predicted molar refractivity (Wildman–Crippen MR) is 115 cm³/mol. The molecule has 1 aliphatic rings. The molecule has 0 unspecified atom stereocenters. The first-order valence-electron chi connectivity index (χ1n) is 9.65. The molecule has 2 amide bonds. The van der Waals surface area contributed by atoms with Crippen LogP contribution >= 0.6 is 11.3 Å². The lowest BCUT2D eigenvalue weighted by atomic mass is 10.1. The number of carbonyl (C=O) groups is 2. The Labute approximate surface area is 170 Å². The highest BCUT2D eigenvalue weighted by molar-refractivity contribution is 7.11. The lowest BCUT2D eigenvalue weighted by Crippen LogP contribution is -3.15. The van der Waals surface area contributed by atoms with Gasteiger partial charge in [-0.2, -0.15) is 0 Å². The summed E-state index contributed by atoms with van der Waals surface area (Å²) in [4.78, 5) is 29.1.